The molecule has 0 bridgehead atoms. The van der Waals surface area contributed by atoms with Gasteiger partial charge in [0.25, 0.3) is 0 Å². The van der Waals surface area contributed by atoms with Crippen LogP contribution in [-0.2, 0) is 11.0 Å². The molecular formula is C14H13F3O2S. The van der Waals surface area contributed by atoms with Crippen molar-refractivity contribution in [3.63, 3.8) is 0 Å². The highest BCUT2D eigenvalue weighted by molar-refractivity contribution is 8.13. The van der Waals surface area contributed by atoms with Gasteiger partial charge in [0.1, 0.15) is 5.75 Å². The molecule has 0 aromatic heterocycles. The molecule has 0 radical (unpaired) electrons. The Labute approximate surface area is 119 Å². The third-order valence-electron chi connectivity index (χ3n) is 2.27. The molecule has 0 aliphatic rings. The highest BCUT2D eigenvalue weighted by Crippen LogP contribution is 2.36. The normalized spacial score (nSPS) is 10.7. The fourth-order valence-corrected chi connectivity index (χ4v) is 1.91. The van der Waals surface area contributed by atoms with E-state index in [4.69, 9.17) is 4.74 Å². The van der Waals surface area contributed by atoms with E-state index in [1.165, 1.54) is 37.9 Å². The maximum Gasteiger partial charge on any atom is 0.419 e. The van der Waals surface area contributed by atoms with Crippen LogP contribution < -0.4 is 4.74 Å². The molecule has 1 aromatic carbocycles. The van der Waals surface area contributed by atoms with Gasteiger partial charge < -0.3 is 4.74 Å². The lowest BCUT2D eigenvalue weighted by Crippen LogP contribution is -2.07. The van der Waals surface area contributed by atoms with Crippen molar-refractivity contribution in [2.75, 3.05) is 12.9 Å². The van der Waals surface area contributed by atoms with Crippen molar-refractivity contribution in [1.29, 1.82) is 0 Å². The van der Waals surface area contributed by atoms with Crippen molar-refractivity contribution in [2.24, 2.45) is 0 Å². The zero-order valence-corrected chi connectivity index (χ0v) is 11.8. The number of methoxy groups -OCH3 is 1. The van der Waals surface area contributed by atoms with E-state index in [-0.39, 0.29) is 10.9 Å². The minimum atomic E-state index is -4.45. The second-order valence-corrected chi connectivity index (χ2v) is 5.08. The van der Waals surface area contributed by atoms with Crippen LogP contribution in [0.3, 0.4) is 0 Å². The number of thioether (sulfide) groups is 1. The molecular weight excluding hydrogens is 289 g/mol. The van der Waals surface area contributed by atoms with Gasteiger partial charge in [-0.05, 0) is 18.2 Å². The lowest BCUT2D eigenvalue weighted by molar-refractivity contribution is -0.138. The van der Waals surface area contributed by atoms with E-state index in [1.807, 2.05) is 0 Å². The predicted octanol–water partition coefficient (Wildman–Crippen LogP) is 3.74. The Morgan fingerprint density at radius 2 is 2.10 bits per heavy atom. The Morgan fingerprint density at radius 1 is 1.40 bits per heavy atom. The Bertz CT molecular complexity index is 542. The van der Waals surface area contributed by atoms with Gasteiger partial charge in [-0.3, -0.25) is 4.79 Å². The van der Waals surface area contributed by atoms with Gasteiger partial charge in [0.2, 0.25) is 0 Å². The molecule has 20 heavy (non-hydrogen) atoms. The zero-order chi connectivity index (χ0) is 15.2. The van der Waals surface area contributed by atoms with Gasteiger partial charge in [0, 0.05) is 24.7 Å². The molecule has 0 saturated heterocycles. The number of benzene rings is 1. The zero-order valence-electron chi connectivity index (χ0n) is 11.0. The molecule has 0 saturated carbocycles. The van der Waals surface area contributed by atoms with Crippen molar-refractivity contribution in [3.8, 4) is 17.6 Å². The quantitative estimate of drug-likeness (QED) is 0.628. The summed E-state index contributed by atoms with van der Waals surface area (Å²) < 4.78 is 42.7. The summed E-state index contributed by atoms with van der Waals surface area (Å²) in [5.41, 5.74) is -0.375. The standard InChI is InChI=1S/C14H13F3O2S/c1-10(18)20-8-4-3-5-11-6-7-12(14(15,16)17)13(9-11)19-2/h6-7,9H,4,8H2,1-2H3. The number of rotatable bonds is 3. The lowest BCUT2D eigenvalue weighted by Gasteiger charge is -2.11. The summed E-state index contributed by atoms with van der Waals surface area (Å²) in [7, 11) is 1.19. The molecule has 108 valence electrons. The first-order chi connectivity index (χ1) is 9.34. The molecule has 0 aliphatic carbocycles. The maximum atomic E-state index is 12.6. The van der Waals surface area contributed by atoms with Crippen LogP contribution in [0.2, 0.25) is 0 Å². The predicted molar refractivity (Wildman–Crippen MR) is 72.6 cm³/mol. The number of halogens is 3. The summed E-state index contributed by atoms with van der Waals surface area (Å²) in [6, 6.07) is 3.51. The van der Waals surface area contributed by atoms with Crippen LogP contribution in [0.4, 0.5) is 13.2 Å². The average molecular weight is 302 g/mol. The van der Waals surface area contributed by atoms with Crippen molar-refractivity contribution in [3.05, 3.63) is 29.3 Å². The van der Waals surface area contributed by atoms with Gasteiger partial charge >= 0.3 is 6.18 Å². The minimum Gasteiger partial charge on any atom is -0.496 e. The van der Waals surface area contributed by atoms with E-state index < -0.39 is 11.7 Å². The smallest absolute Gasteiger partial charge is 0.419 e. The van der Waals surface area contributed by atoms with Crippen molar-refractivity contribution in [2.45, 2.75) is 19.5 Å². The summed E-state index contributed by atoms with van der Waals surface area (Å²) >= 11 is 1.17. The van der Waals surface area contributed by atoms with Gasteiger partial charge in [0.15, 0.2) is 5.12 Å². The van der Waals surface area contributed by atoms with E-state index in [9.17, 15) is 18.0 Å². The Morgan fingerprint density at radius 3 is 2.65 bits per heavy atom. The molecule has 2 nitrogen and oxygen atoms in total. The van der Waals surface area contributed by atoms with E-state index in [2.05, 4.69) is 11.8 Å². The first-order valence-electron chi connectivity index (χ1n) is 5.72. The van der Waals surface area contributed by atoms with Gasteiger partial charge in [-0.1, -0.05) is 23.6 Å². The van der Waals surface area contributed by atoms with Crippen molar-refractivity contribution >= 4 is 16.9 Å². The van der Waals surface area contributed by atoms with Gasteiger partial charge in [-0.2, -0.15) is 13.2 Å². The van der Waals surface area contributed by atoms with Crippen LogP contribution in [0.1, 0.15) is 24.5 Å². The SMILES string of the molecule is COc1cc(C#CCCSC(C)=O)ccc1C(F)(F)F. The average Bonchev–Trinajstić information content (AvgIpc) is 2.36. The summed E-state index contributed by atoms with van der Waals surface area (Å²) in [6.07, 6.45) is -3.96. The molecule has 0 heterocycles. The van der Waals surface area contributed by atoms with E-state index in [0.29, 0.717) is 17.7 Å². The van der Waals surface area contributed by atoms with Gasteiger partial charge in [0.05, 0.1) is 12.7 Å². The fraction of sp³-hybridized carbons (Fsp3) is 0.357. The highest BCUT2D eigenvalue weighted by atomic mass is 32.2. The minimum absolute atomic E-state index is 0.0167. The maximum absolute atomic E-state index is 12.6. The van der Waals surface area contributed by atoms with Crippen LogP contribution >= 0.6 is 11.8 Å². The van der Waals surface area contributed by atoms with Crippen LogP contribution in [-0.4, -0.2) is 18.0 Å². The summed E-state index contributed by atoms with van der Waals surface area (Å²) in [5, 5.41) is 0.0167. The molecule has 0 unspecified atom stereocenters. The number of hydrogen-bond donors (Lipinski definition) is 0. The summed E-state index contributed by atoms with van der Waals surface area (Å²) in [4.78, 5) is 10.7. The number of ether oxygens (including phenoxy) is 1. The number of alkyl halides is 3. The molecule has 0 N–H and O–H groups in total. The van der Waals surface area contributed by atoms with E-state index in [0.717, 1.165) is 6.07 Å². The number of hydrogen-bond acceptors (Lipinski definition) is 3. The van der Waals surface area contributed by atoms with Crippen LogP contribution in [0.5, 0.6) is 5.75 Å². The van der Waals surface area contributed by atoms with E-state index >= 15 is 0 Å². The first-order valence-corrected chi connectivity index (χ1v) is 6.70. The third-order valence-corrected chi connectivity index (χ3v) is 3.09. The largest absolute Gasteiger partial charge is 0.496 e. The van der Waals surface area contributed by atoms with E-state index in [1.54, 1.807) is 0 Å². The third kappa shape index (κ3) is 5.17. The van der Waals surface area contributed by atoms with Gasteiger partial charge in [-0.15, -0.1) is 0 Å². The molecule has 0 atom stereocenters. The molecule has 0 fully saturated rings. The number of carbonyl (C=O) groups is 1. The Hall–Kier alpha value is -1.61. The first kappa shape index (κ1) is 16.4. The molecule has 6 heteroatoms. The highest BCUT2D eigenvalue weighted by Gasteiger charge is 2.34. The summed E-state index contributed by atoms with van der Waals surface area (Å²) in [5.74, 6) is 5.88. The van der Waals surface area contributed by atoms with Crippen LogP contribution in [0.25, 0.3) is 0 Å². The van der Waals surface area contributed by atoms with Crippen molar-refractivity contribution < 1.29 is 22.7 Å². The molecule has 0 amide bonds. The van der Waals surface area contributed by atoms with Crippen LogP contribution in [0, 0.1) is 11.8 Å². The lowest BCUT2D eigenvalue weighted by atomic mass is 10.1. The molecule has 1 aromatic rings. The van der Waals surface area contributed by atoms with Crippen molar-refractivity contribution in [1.82, 2.24) is 0 Å². The monoisotopic (exact) mass is 302 g/mol. The molecule has 1 rings (SSSR count). The number of carbonyl (C=O) groups excluding carboxylic acids is 1. The topological polar surface area (TPSA) is 26.3 Å². The second kappa shape index (κ2) is 7.25. The summed E-state index contributed by atoms with van der Waals surface area (Å²) in [6.45, 7) is 1.47. The second-order valence-electron chi connectivity index (χ2n) is 3.80. The van der Waals surface area contributed by atoms with Crippen LogP contribution in [0.15, 0.2) is 18.2 Å². The van der Waals surface area contributed by atoms with Gasteiger partial charge in [-0.25, -0.2) is 0 Å². The Kier molecular flexibility index (Phi) is 5.96. The Balaban J connectivity index is 2.79. The molecule has 0 aliphatic heterocycles. The fourth-order valence-electron chi connectivity index (χ4n) is 1.41. The molecule has 0 spiro atoms.